The third-order valence-electron chi connectivity index (χ3n) is 14.1. The molecule has 2 aromatic carbocycles. The van der Waals surface area contributed by atoms with Gasteiger partial charge in [0.25, 0.3) is 5.56 Å². The highest BCUT2D eigenvalue weighted by atomic mass is 19.1. The van der Waals surface area contributed by atoms with Crippen LogP contribution in [0.4, 0.5) is 13.6 Å². The van der Waals surface area contributed by atoms with Crippen molar-refractivity contribution in [2.75, 3.05) is 6.61 Å². The van der Waals surface area contributed by atoms with Gasteiger partial charge in [0.2, 0.25) is 11.6 Å². The molecule has 3 aromatic rings. The largest absolute Gasteiger partial charge is 0.510 e. The number of aromatic amines is 1. The van der Waals surface area contributed by atoms with Gasteiger partial charge in [0.15, 0.2) is 13.3 Å². The summed E-state index contributed by atoms with van der Waals surface area (Å²) in [4.78, 5) is 64.4. The van der Waals surface area contributed by atoms with Crippen LogP contribution < -0.4 is 11.2 Å². The second-order valence-electron chi connectivity index (χ2n) is 16.6. The Morgan fingerprint density at radius 2 is 1.64 bits per heavy atom. The van der Waals surface area contributed by atoms with Crippen molar-refractivity contribution in [2.24, 2.45) is 34.5 Å². The van der Waals surface area contributed by atoms with E-state index in [2.05, 4.69) is 6.92 Å². The van der Waals surface area contributed by atoms with E-state index in [1.807, 2.05) is 11.9 Å². The molecule has 4 aliphatic rings. The second kappa shape index (κ2) is 14.8. The second-order valence-corrected chi connectivity index (χ2v) is 16.6. The van der Waals surface area contributed by atoms with Crippen molar-refractivity contribution in [1.29, 1.82) is 0 Å². The van der Waals surface area contributed by atoms with E-state index in [4.69, 9.17) is 14.2 Å². The van der Waals surface area contributed by atoms with Crippen molar-refractivity contribution in [1.82, 2.24) is 9.55 Å². The molecule has 7 rings (SSSR count). The van der Waals surface area contributed by atoms with Gasteiger partial charge in [0.1, 0.15) is 17.5 Å². The molecule has 0 radical (unpaired) electrons. The van der Waals surface area contributed by atoms with Gasteiger partial charge < -0.3 is 19.3 Å². The van der Waals surface area contributed by atoms with Crippen LogP contribution in [-0.4, -0.2) is 50.9 Å². The topological polar surface area (TPSA) is 154 Å². The van der Waals surface area contributed by atoms with Gasteiger partial charge in [-0.15, -0.1) is 0 Å². The van der Waals surface area contributed by atoms with Crippen molar-refractivity contribution in [2.45, 2.75) is 103 Å². The van der Waals surface area contributed by atoms with E-state index >= 15 is 0 Å². The molecule has 55 heavy (non-hydrogen) atoms. The Balaban J connectivity index is 0.932. The molecule has 1 heterocycles. The number of nitrogens with zero attached hydrogens (tertiary/aromatic N) is 1. The number of rotatable bonds is 9. The van der Waals surface area contributed by atoms with Crippen LogP contribution >= 0.6 is 0 Å². The Morgan fingerprint density at radius 3 is 2.38 bits per heavy atom. The van der Waals surface area contributed by atoms with E-state index in [9.17, 15) is 37.9 Å². The lowest BCUT2D eigenvalue weighted by Crippen LogP contribution is -2.59. The van der Waals surface area contributed by atoms with Crippen LogP contribution in [0.1, 0.15) is 90.0 Å². The van der Waals surface area contributed by atoms with Crippen molar-refractivity contribution in [3.05, 3.63) is 92.8 Å². The molecule has 0 spiro atoms. The molecule has 0 saturated heterocycles. The maximum Gasteiger partial charge on any atom is 0.510 e. The first kappa shape index (κ1) is 38.6. The number of halogens is 2. The van der Waals surface area contributed by atoms with Crippen LogP contribution in [0.25, 0.3) is 11.1 Å². The summed E-state index contributed by atoms with van der Waals surface area (Å²) < 4.78 is 44.8. The summed E-state index contributed by atoms with van der Waals surface area (Å²) in [5.74, 6) is -2.10. The van der Waals surface area contributed by atoms with E-state index < -0.39 is 65.2 Å². The summed E-state index contributed by atoms with van der Waals surface area (Å²) >= 11 is 0. The maximum atomic E-state index is 14.3. The third kappa shape index (κ3) is 6.93. The molecule has 4 aliphatic carbocycles. The summed E-state index contributed by atoms with van der Waals surface area (Å²) in [7, 11) is 0. The number of nitrogens with one attached hydrogen (secondary N) is 1. The highest BCUT2D eigenvalue weighted by Gasteiger charge is 2.66. The Labute approximate surface area is 317 Å². The summed E-state index contributed by atoms with van der Waals surface area (Å²) in [6, 6.07) is 13.5. The summed E-state index contributed by atoms with van der Waals surface area (Å²) in [5, 5.41) is 12.1. The van der Waals surface area contributed by atoms with E-state index in [1.54, 1.807) is 49.4 Å². The highest BCUT2D eigenvalue weighted by molar-refractivity contribution is 5.91. The van der Waals surface area contributed by atoms with Crippen LogP contribution in [0.3, 0.4) is 0 Å². The average Bonchev–Trinajstić information content (AvgIpc) is 3.45. The number of carbonyl (C=O) groups excluding carboxylic acids is 3. The molecule has 4 saturated carbocycles. The molecule has 0 bridgehead atoms. The monoisotopic (exact) mass is 762 g/mol. The quantitative estimate of drug-likeness (QED) is 0.228. The molecule has 11 nitrogen and oxygen atoms in total. The van der Waals surface area contributed by atoms with Crippen LogP contribution in [0.15, 0.2) is 64.3 Å². The highest BCUT2D eigenvalue weighted by Crippen LogP contribution is 2.68. The number of aliphatic hydroxyl groups is 1. The van der Waals surface area contributed by atoms with Gasteiger partial charge >= 0.3 is 17.8 Å². The number of benzene rings is 2. The van der Waals surface area contributed by atoms with Crippen molar-refractivity contribution < 1.29 is 42.5 Å². The van der Waals surface area contributed by atoms with E-state index in [0.717, 1.165) is 30.3 Å². The number of fused-ring (bicyclic) bond motifs is 5. The predicted octanol–water partition coefficient (Wildman–Crippen LogP) is 6.65. The van der Waals surface area contributed by atoms with Crippen LogP contribution in [-0.2, 0) is 30.5 Å². The molecule has 4 fully saturated rings. The zero-order valence-electron chi connectivity index (χ0n) is 31.4. The molecule has 2 N–H and O–H groups in total. The van der Waals surface area contributed by atoms with Gasteiger partial charge in [-0.1, -0.05) is 56.3 Å². The van der Waals surface area contributed by atoms with Crippen LogP contribution in [0.5, 0.6) is 0 Å². The van der Waals surface area contributed by atoms with Gasteiger partial charge in [-0.05, 0) is 111 Å². The summed E-state index contributed by atoms with van der Waals surface area (Å²) in [6.07, 6.45) is 5.81. The number of ketones is 1. The van der Waals surface area contributed by atoms with Gasteiger partial charge in [-0.2, -0.15) is 4.39 Å². The molecule has 9 atom stereocenters. The number of Topliss-reactive ketones (excluding diaryl/α,β-unsaturated/α-hetero) is 1. The molecular formula is C42H48F2N2O9. The minimum absolute atomic E-state index is 0.0153. The number of esters is 1. The smallest absolute Gasteiger partial charge is 0.457 e. The van der Waals surface area contributed by atoms with Crippen molar-refractivity contribution in [3.8, 4) is 11.1 Å². The maximum absolute atomic E-state index is 14.3. The van der Waals surface area contributed by atoms with Crippen LogP contribution in [0, 0.1) is 46.1 Å². The van der Waals surface area contributed by atoms with Crippen molar-refractivity contribution in [3.63, 3.8) is 0 Å². The first-order chi connectivity index (χ1) is 26.1. The summed E-state index contributed by atoms with van der Waals surface area (Å²) in [6.45, 7) is 4.93. The van der Waals surface area contributed by atoms with Gasteiger partial charge in [0, 0.05) is 11.0 Å². The lowest BCUT2D eigenvalue weighted by molar-refractivity contribution is -0.177. The number of aromatic nitrogens is 2. The lowest BCUT2D eigenvalue weighted by Gasteiger charge is -2.61. The zero-order chi connectivity index (χ0) is 39.3. The van der Waals surface area contributed by atoms with Gasteiger partial charge in [-0.25, -0.2) is 14.0 Å². The molecular weight excluding hydrogens is 714 g/mol. The van der Waals surface area contributed by atoms with Crippen molar-refractivity contribution >= 4 is 17.9 Å². The van der Waals surface area contributed by atoms with Gasteiger partial charge in [-0.3, -0.25) is 23.9 Å². The number of hydrogen-bond acceptors (Lipinski definition) is 9. The Hall–Kier alpha value is -4.65. The molecule has 1 unspecified atom stereocenters. The minimum atomic E-state index is -1.61. The SMILES string of the molecule is CC(C(=O)OCC(=O)[C@@]1(O)CC[C@H]2[C@@H]3CC[C@@H]4C[C@H](OC(=O)OCn5cc(F)c(=O)[nH]c5=O)CC[C@]4(C)[C@H]3CC[C@@]21C)c1ccc(-c2ccccc2F)cc1. The zero-order valence-corrected chi connectivity index (χ0v) is 31.4. The van der Waals surface area contributed by atoms with Gasteiger partial charge in [0.05, 0.1) is 12.1 Å². The Morgan fingerprint density at radius 1 is 0.909 bits per heavy atom. The first-order valence-electron chi connectivity index (χ1n) is 19.2. The molecule has 1 aromatic heterocycles. The number of H-pyrrole nitrogens is 1. The fraction of sp³-hybridized carbons (Fsp3) is 0.548. The molecule has 0 aliphatic heterocycles. The van der Waals surface area contributed by atoms with E-state index in [-0.39, 0.29) is 23.3 Å². The standard InChI is InChI=1S/C42H48F2N2O9/c1-24(25-8-10-26(11-9-25)29-6-4-5-7-33(29)43)37(49)53-22-35(47)42(52)19-16-32-30-13-12-27-20-28(14-17-40(27,2)31(30)15-18-41(32,42)3)55-39(51)54-23-46-21-34(44)36(48)45-38(46)50/h4-11,21,24,27-28,30-32,52H,12-20,22-23H2,1-3H3,(H,45,48,50)/t24?,27-,28-,30-,31+,32+,40+,41+,42+/m1/s1. The molecule has 294 valence electrons. The first-order valence-corrected chi connectivity index (χ1v) is 19.2. The fourth-order valence-electron chi connectivity index (χ4n) is 10.8. The normalized spacial score (nSPS) is 31.6. The van der Waals surface area contributed by atoms with E-state index in [1.165, 1.54) is 6.07 Å². The number of carbonyl (C=O) groups is 3. The lowest BCUT2D eigenvalue weighted by atomic mass is 9.44. The fourth-order valence-corrected chi connectivity index (χ4v) is 10.8. The molecule has 0 amide bonds. The summed E-state index contributed by atoms with van der Waals surface area (Å²) in [5.41, 5.74) is -2.53. The Kier molecular flexibility index (Phi) is 10.4. The Bertz CT molecular complexity index is 2080. The number of ether oxygens (including phenoxy) is 3. The van der Waals surface area contributed by atoms with E-state index in [0.29, 0.717) is 72.7 Å². The minimum Gasteiger partial charge on any atom is -0.457 e. The van der Waals surface area contributed by atoms with Crippen LogP contribution in [0.2, 0.25) is 0 Å². The average molecular weight is 763 g/mol. The third-order valence-corrected chi connectivity index (χ3v) is 14.1. The number of hydrogen-bond donors (Lipinski definition) is 2. The predicted molar refractivity (Wildman–Crippen MR) is 196 cm³/mol. The molecule has 13 heteroatoms.